The number of hydrogen-bond acceptors (Lipinski definition) is 5. The third kappa shape index (κ3) is 5.13. The van der Waals surface area contributed by atoms with Crippen LogP contribution in [0.3, 0.4) is 0 Å². The minimum absolute atomic E-state index is 0.0495. The molecule has 3 atom stereocenters. The van der Waals surface area contributed by atoms with Gasteiger partial charge in [-0.15, -0.1) is 0 Å². The third-order valence-corrected chi connectivity index (χ3v) is 7.28. The van der Waals surface area contributed by atoms with Crippen molar-refractivity contribution in [3.8, 4) is 0 Å². The quantitative estimate of drug-likeness (QED) is 0.668. The molecule has 9 heteroatoms. The largest absolute Gasteiger partial charge is 0.378 e. The minimum atomic E-state index is -0.731. The number of ketones is 1. The van der Waals surface area contributed by atoms with Crippen LogP contribution in [0.5, 0.6) is 0 Å². The van der Waals surface area contributed by atoms with Crippen LogP contribution in [-0.4, -0.2) is 96.7 Å². The highest BCUT2D eigenvalue weighted by atomic mass is 16.2. The van der Waals surface area contributed by atoms with E-state index < -0.39 is 12.1 Å². The molecule has 0 spiro atoms. The molecular formula is C26H37N5O4. The van der Waals surface area contributed by atoms with Gasteiger partial charge in [0.25, 0.3) is 5.91 Å². The van der Waals surface area contributed by atoms with Crippen LogP contribution >= 0.6 is 0 Å². The summed E-state index contributed by atoms with van der Waals surface area (Å²) in [7, 11) is 3.86. The predicted octanol–water partition coefficient (Wildman–Crippen LogP) is 1.97. The van der Waals surface area contributed by atoms with Crippen molar-refractivity contribution in [2.75, 3.05) is 45.2 Å². The number of carbonyl (C=O) groups excluding carboxylic acids is 4. The number of nitrogens with zero attached hydrogens (tertiary/aromatic N) is 4. The Kier molecular flexibility index (Phi) is 7.33. The first-order valence-electron chi connectivity index (χ1n) is 12.6. The topological polar surface area (TPSA) is 93.3 Å². The second-order valence-electron chi connectivity index (χ2n) is 10.5. The summed E-state index contributed by atoms with van der Waals surface area (Å²) in [5.74, 6) is -0.476. The summed E-state index contributed by atoms with van der Waals surface area (Å²) in [4.78, 5) is 59.6. The van der Waals surface area contributed by atoms with Gasteiger partial charge in [-0.2, -0.15) is 0 Å². The Bertz CT molecular complexity index is 970. The molecule has 1 aromatic carbocycles. The number of nitrogens with one attached hydrogen (secondary N) is 1. The van der Waals surface area contributed by atoms with Crippen LogP contribution in [-0.2, 0) is 9.59 Å². The SMILES string of the molecule is CC(C)C[C@H](NC(=O)c1ccc(N(C)C)cc1)C(=O)N1CC[C@@H]2[C@H]1C(=O)CN2C(=O)N1CCCC1. The first-order valence-corrected chi connectivity index (χ1v) is 12.6. The van der Waals surface area contributed by atoms with Crippen LogP contribution < -0.4 is 10.2 Å². The Labute approximate surface area is 207 Å². The van der Waals surface area contributed by atoms with Crippen LogP contribution in [0.4, 0.5) is 10.5 Å². The van der Waals surface area contributed by atoms with Crippen LogP contribution in [0, 0.1) is 5.92 Å². The molecule has 0 unspecified atom stereocenters. The van der Waals surface area contributed by atoms with E-state index in [4.69, 9.17) is 0 Å². The lowest BCUT2D eigenvalue weighted by Crippen LogP contribution is -2.53. The first-order chi connectivity index (χ1) is 16.7. The number of urea groups is 1. The summed E-state index contributed by atoms with van der Waals surface area (Å²) in [6, 6.07) is 5.49. The molecule has 4 rings (SSSR count). The second-order valence-corrected chi connectivity index (χ2v) is 10.5. The van der Waals surface area contributed by atoms with Crippen LogP contribution in [0.15, 0.2) is 24.3 Å². The number of amides is 4. The number of hydrogen-bond donors (Lipinski definition) is 1. The highest BCUT2D eigenvalue weighted by molar-refractivity contribution is 6.00. The van der Waals surface area contributed by atoms with Gasteiger partial charge in [0.2, 0.25) is 5.91 Å². The van der Waals surface area contributed by atoms with Gasteiger partial charge < -0.3 is 24.9 Å². The zero-order chi connectivity index (χ0) is 25.3. The van der Waals surface area contributed by atoms with Gasteiger partial charge in [-0.3, -0.25) is 14.4 Å². The molecule has 3 heterocycles. The second kappa shape index (κ2) is 10.3. The molecule has 3 aliphatic rings. The average Bonchev–Trinajstić information content (AvgIpc) is 3.56. The third-order valence-electron chi connectivity index (χ3n) is 7.28. The maximum absolute atomic E-state index is 13.7. The molecule has 3 saturated heterocycles. The number of fused-ring (bicyclic) bond motifs is 1. The smallest absolute Gasteiger partial charge is 0.320 e. The molecule has 0 aliphatic carbocycles. The van der Waals surface area contributed by atoms with E-state index in [-0.39, 0.29) is 42.1 Å². The van der Waals surface area contributed by atoms with Gasteiger partial charge in [0.1, 0.15) is 12.1 Å². The van der Waals surface area contributed by atoms with Gasteiger partial charge in [-0.1, -0.05) is 13.8 Å². The number of Topliss-reactive ketones (excluding diaryl/α,β-unsaturated/α-hetero) is 1. The molecule has 0 bridgehead atoms. The summed E-state index contributed by atoms with van der Waals surface area (Å²) >= 11 is 0. The summed E-state index contributed by atoms with van der Waals surface area (Å²) in [6.07, 6.45) is 3.02. The van der Waals surface area contributed by atoms with Crippen molar-refractivity contribution in [2.45, 2.75) is 57.7 Å². The lowest BCUT2D eigenvalue weighted by molar-refractivity contribution is -0.138. The number of anilines is 1. The van der Waals surface area contributed by atoms with E-state index in [2.05, 4.69) is 5.32 Å². The minimum Gasteiger partial charge on any atom is -0.378 e. The lowest BCUT2D eigenvalue weighted by Gasteiger charge is -2.30. The van der Waals surface area contributed by atoms with Gasteiger partial charge >= 0.3 is 6.03 Å². The van der Waals surface area contributed by atoms with Crippen LogP contribution in [0.1, 0.15) is 49.9 Å². The van der Waals surface area contributed by atoms with E-state index in [9.17, 15) is 19.2 Å². The van der Waals surface area contributed by atoms with Crippen molar-refractivity contribution in [1.82, 2.24) is 20.0 Å². The normalized spacial score (nSPS) is 22.5. The molecule has 35 heavy (non-hydrogen) atoms. The van der Waals surface area contributed by atoms with Gasteiger partial charge in [0.15, 0.2) is 5.78 Å². The van der Waals surface area contributed by atoms with Crippen LogP contribution in [0.25, 0.3) is 0 Å². The maximum atomic E-state index is 13.7. The summed E-state index contributed by atoms with van der Waals surface area (Å²) < 4.78 is 0. The molecule has 3 fully saturated rings. The molecule has 1 aromatic rings. The first kappa shape index (κ1) is 25.0. The standard InChI is InChI=1S/C26H37N5O4/c1-17(2)15-20(27-24(33)18-7-9-19(10-8-18)28(3)4)25(34)30-14-11-21-23(30)22(32)16-31(21)26(35)29-12-5-6-13-29/h7-10,17,20-21,23H,5-6,11-16H2,1-4H3,(H,27,33)/t20-,21+,23-/m0/s1. The van der Waals surface area contributed by atoms with Crippen molar-refractivity contribution in [1.29, 1.82) is 0 Å². The molecule has 0 saturated carbocycles. The lowest BCUT2D eigenvalue weighted by atomic mass is 10.0. The fourth-order valence-electron chi connectivity index (χ4n) is 5.46. The zero-order valence-corrected chi connectivity index (χ0v) is 21.2. The van der Waals surface area contributed by atoms with Crippen molar-refractivity contribution in [3.05, 3.63) is 29.8 Å². The molecule has 9 nitrogen and oxygen atoms in total. The molecule has 0 radical (unpaired) electrons. The van der Waals surface area contributed by atoms with E-state index >= 15 is 0 Å². The van der Waals surface area contributed by atoms with E-state index in [0.717, 1.165) is 31.6 Å². The molecule has 1 N–H and O–H groups in total. The van der Waals surface area contributed by atoms with Crippen molar-refractivity contribution in [2.24, 2.45) is 5.92 Å². The molecule has 0 aromatic heterocycles. The fourth-order valence-corrected chi connectivity index (χ4v) is 5.46. The van der Waals surface area contributed by atoms with E-state index in [1.165, 1.54) is 0 Å². The Balaban J connectivity index is 1.47. The van der Waals surface area contributed by atoms with E-state index in [1.807, 2.05) is 49.9 Å². The van der Waals surface area contributed by atoms with Crippen LogP contribution in [0.2, 0.25) is 0 Å². The molecular weight excluding hydrogens is 446 g/mol. The molecule has 190 valence electrons. The highest BCUT2D eigenvalue weighted by Crippen LogP contribution is 2.32. The number of carbonyl (C=O) groups is 4. The Morgan fingerprint density at radius 2 is 1.69 bits per heavy atom. The summed E-state index contributed by atoms with van der Waals surface area (Å²) in [6.45, 7) is 5.91. The number of benzene rings is 1. The summed E-state index contributed by atoms with van der Waals surface area (Å²) in [5, 5.41) is 2.92. The van der Waals surface area contributed by atoms with E-state index in [0.29, 0.717) is 24.9 Å². The zero-order valence-electron chi connectivity index (χ0n) is 21.2. The molecule has 4 amide bonds. The Hall–Kier alpha value is -3.10. The Morgan fingerprint density at radius 3 is 2.29 bits per heavy atom. The summed E-state index contributed by atoms with van der Waals surface area (Å²) in [5.41, 5.74) is 1.46. The predicted molar refractivity (Wildman–Crippen MR) is 133 cm³/mol. The van der Waals surface area contributed by atoms with Crippen molar-refractivity contribution >= 4 is 29.3 Å². The van der Waals surface area contributed by atoms with Gasteiger partial charge in [0, 0.05) is 45.0 Å². The number of rotatable bonds is 6. The van der Waals surface area contributed by atoms with Crippen molar-refractivity contribution < 1.29 is 19.2 Å². The highest BCUT2D eigenvalue weighted by Gasteiger charge is 2.53. The molecule has 3 aliphatic heterocycles. The maximum Gasteiger partial charge on any atom is 0.320 e. The fraction of sp³-hybridized carbons (Fsp3) is 0.615. The van der Waals surface area contributed by atoms with E-state index in [1.54, 1.807) is 21.9 Å². The van der Waals surface area contributed by atoms with Crippen molar-refractivity contribution in [3.63, 3.8) is 0 Å². The number of likely N-dealkylation sites (tertiary alicyclic amines) is 3. The van der Waals surface area contributed by atoms with Gasteiger partial charge in [-0.05, 0) is 55.9 Å². The van der Waals surface area contributed by atoms with Gasteiger partial charge in [-0.25, -0.2) is 4.79 Å². The average molecular weight is 484 g/mol. The monoisotopic (exact) mass is 483 g/mol. The van der Waals surface area contributed by atoms with Gasteiger partial charge in [0.05, 0.1) is 12.6 Å². The Morgan fingerprint density at radius 1 is 1.03 bits per heavy atom.